The molecule has 1 N–H and O–H groups in total. The van der Waals surface area contributed by atoms with Gasteiger partial charge in [-0.1, -0.05) is 6.07 Å². The number of nitrogens with zero attached hydrogens (tertiary/aromatic N) is 3. The molecule has 1 aliphatic rings. The lowest BCUT2D eigenvalue weighted by molar-refractivity contribution is -0.384. The quantitative estimate of drug-likeness (QED) is 0.670. The van der Waals surface area contributed by atoms with Crippen LogP contribution in [0.1, 0.15) is 18.4 Å². The molecule has 6 heteroatoms. The summed E-state index contributed by atoms with van der Waals surface area (Å²) in [4.78, 5) is 12.6. The highest BCUT2D eigenvalue weighted by atomic mass is 16.6. The molecule has 0 aliphatic carbocycles. The van der Waals surface area contributed by atoms with Gasteiger partial charge in [-0.25, -0.2) is 0 Å². The number of nitriles is 1. The third kappa shape index (κ3) is 3.06. The van der Waals surface area contributed by atoms with E-state index in [-0.39, 0.29) is 11.3 Å². The predicted molar refractivity (Wildman–Crippen MR) is 76.7 cm³/mol. The van der Waals surface area contributed by atoms with Crippen LogP contribution in [0, 0.1) is 27.4 Å². The summed E-state index contributed by atoms with van der Waals surface area (Å²) >= 11 is 0. The van der Waals surface area contributed by atoms with Crippen LogP contribution in [0.3, 0.4) is 0 Å². The Kier molecular flexibility index (Phi) is 4.53. The highest BCUT2D eigenvalue weighted by molar-refractivity contribution is 5.69. The number of hydrogen-bond donors (Lipinski definition) is 1. The van der Waals surface area contributed by atoms with Gasteiger partial charge in [0.2, 0.25) is 0 Å². The van der Waals surface area contributed by atoms with Gasteiger partial charge in [-0.05, 0) is 44.0 Å². The van der Waals surface area contributed by atoms with Crippen LogP contribution in [-0.2, 0) is 0 Å². The summed E-state index contributed by atoms with van der Waals surface area (Å²) in [7, 11) is 1.85. The van der Waals surface area contributed by atoms with Gasteiger partial charge in [-0.15, -0.1) is 0 Å². The SMILES string of the molecule is CN(CC1CCCNC1)c1cccc(C#N)c1[N+](=O)[O-]. The molecule has 1 saturated heterocycles. The second-order valence-electron chi connectivity index (χ2n) is 5.14. The minimum absolute atomic E-state index is 0.0960. The standard InChI is InChI=1S/C14H18N4O2/c1-17(10-11-4-3-7-16-9-11)13-6-2-5-12(8-15)14(13)18(19)20/h2,5-6,11,16H,3-4,7,9-10H2,1H3. The van der Waals surface area contributed by atoms with Gasteiger partial charge in [0.15, 0.2) is 0 Å². The van der Waals surface area contributed by atoms with Crippen molar-refractivity contribution in [2.45, 2.75) is 12.8 Å². The van der Waals surface area contributed by atoms with E-state index in [0.717, 1.165) is 32.5 Å². The van der Waals surface area contributed by atoms with Crippen molar-refractivity contribution in [3.8, 4) is 6.07 Å². The molecule has 2 rings (SSSR count). The number of nitro benzene ring substituents is 1. The van der Waals surface area contributed by atoms with E-state index in [1.54, 1.807) is 12.1 Å². The van der Waals surface area contributed by atoms with Crippen LogP contribution in [0.15, 0.2) is 18.2 Å². The normalized spacial score (nSPS) is 18.3. The minimum Gasteiger partial charge on any atom is -0.369 e. The molecule has 106 valence electrons. The molecule has 1 atom stereocenters. The van der Waals surface area contributed by atoms with Crippen LogP contribution in [-0.4, -0.2) is 31.6 Å². The molecule has 6 nitrogen and oxygen atoms in total. The summed E-state index contributed by atoms with van der Waals surface area (Å²) in [5, 5.41) is 23.6. The van der Waals surface area contributed by atoms with Crippen LogP contribution >= 0.6 is 0 Å². The molecule has 0 radical (unpaired) electrons. The Bertz CT molecular complexity index is 532. The van der Waals surface area contributed by atoms with Crippen molar-refractivity contribution < 1.29 is 4.92 Å². The van der Waals surface area contributed by atoms with Gasteiger partial charge in [-0.3, -0.25) is 10.1 Å². The topological polar surface area (TPSA) is 82.2 Å². The Morgan fingerprint density at radius 3 is 3.00 bits per heavy atom. The fraction of sp³-hybridized carbons (Fsp3) is 0.500. The third-order valence-corrected chi connectivity index (χ3v) is 3.66. The van der Waals surface area contributed by atoms with Crippen LogP contribution in [0.5, 0.6) is 0 Å². The number of benzene rings is 1. The van der Waals surface area contributed by atoms with Gasteiger partial charge >= 0.3 is 5.69 Å². The van der Waals surface area contributed by atoms with Gasteiger partial charge in [0.05, 0.1) is 4.92 Å². The Morgan fingerprint density at radius 1 is 1.60 bits per heavy atom. The monoisotopic (exact) mass is 274 g/mol. The smallest absolute Gasteiger partial charge is 0.310 e. The summed E-state index contributed by atoms with van der Waals surface area (Å²) in [6.07, 6.45) is 2.27. The van der Waals surface area contributed by atoms with Crippen molar-refractivity contribution in [2.24, 2.45) is 5.92 Å². The molecule has 0 spiro atoms. The lowest BCUT2D eigenvalue weighted by atomic mass is 9.99. The van der Waals surface area contributed by atoms with Gasteiger partial charge < -0.3 is 10.2 Å². The highest BCUT2D eigenvalue weighted by Crippen LogP contribution is 2.31. The summed E-state index contributed by atoms with van der Waals surface area (Å²) in [5.41, 5.74) is 0.530. The van der Waals surface area contributed by atoms with Crippen molar-refractivity contribution in [1.29, 1.82) is 5.26 Å². The minimum atomic E-state index is -0.469. The Hall–Kier alpha value is -2.13. The fourth-order valence-electron chi connectivity index (χ4n) is 2.69. The first-order valence-electron chi connectivity index (χ1n) is 6.73. The van der Waals surface area contributed by atoms with E-state index in [2.05, 4.69) is 5.32 Å². The molecule has 0 saturated carbocycles. The molecule has 1 aliphatic heterocycles. The Balaban J connectivity index is 2.22. The van der Waals surface area contributed by atoms with Crippen LogP contribution in [0.25, 0.3) is 0 Å². The molecule has 0 amide bonds. The molecule has 1 heterocycles. The van der Waals surface area contributed by atoms with Gasteiger partial charge in [0.25, 0.3) is 0 Å². The van der Waals surface area contributed by atoms with Gasteiger partial charge in [0.1, 0.15) is 17.3 Å². The molecular formula is C14H18N4O2. The number of nitro groups is 1. The average molecular weight is 274 g/mol. The van der Waals surface area contributed by atoms with Crippen molar-refractivity contribution >= 4 is 11.4 Å². The molecular weight excluding hydrogens is 256 g/mol. The van der Waals surface area contributed by atoms with Crippen LogP contribution in [0.2, 0.25) is 0 Å². The molecule has 1 unspecified atom stereocenters. The zero-order chi connectivity index (χ0) is 14.5. The second kappa shape index (κ2) is 6.35. The molecule has 1 fully saturated rings. The molecule has 20 heavy (non-hydrogen) atoms. The fourth-order valence-corrected chi connectivity index (χ4v) is 2.69. The molecule has 1 aromatic carbocycles. The van der Waals surface area contributed by atoms with Crippen molar-refractivity contribution in [2.75, 3.05) is 31.6 Å². The summed E-state index contributed by atoms with van der Waals surface area (Å²) in [6, 6.07) is 6.77. The average Bonchev–Trinajstić information content (AvgIpc) is 2.47. The van der Waals surface area contributed by atoms with Gasteiger partial charge in [-0.2, -0.15) is 5.26 Å². The van der Waals surface area contributed by atoms with Crippen molar-refractivity contribution in [1.82, 2.24) is 5.32 Å². The largest absolute Gasteiger partial charge is 0.369 e. The van der Waals surface area contributed by atoms with E-state index in [9.17, 15) is 10.1 Å². The maximum Gasteiger partial charge on any atom is 0.310 e. The van der Waals surface area contributed by atoms with E-state index in [0.29, 0.717) is 11.6 Å². The summed E-state index contributed by atoms with van der Waals surface area (Å²) in [5.74, 6) is 0.485. The third-order valence-electron chi connectivity index (χ3n) is 3.66. The zero-order valence-electron chi connectivity index (χ0n) is 11.5. The maximum absolute atomic E-state index is 11.2. The first kappa shape index (κ1) is 14.3. The van der Waals surface area contributed by atoms with Crippen molar-refractivity contribution in [3.05, 3.63) is 33.9 Å². The number of piperidine rings is 1. The van der Waals surface area contributed by atoms with E-state index in [1.165, 1.54) is 6.07 Å². The predicted octanol–water partition coefficient (Wildman–Crippen LogP) is 1.90. The first-order valence-corrected chi connectivity index (χ1v) is 6.73. The number of anilines is 1. The second-order valence-corrected chi connectivity index (χ2v) is 5.14. The van der Waals surface area contributed by atoms with Gasteiger partial charge in [0, 0.05) is 13.6 Å². The van der Waals surface area contributed by atoms with E-state index >= 15 is 0 Å². The van der Waals surface area contributed by atoms with Crippen LogP contribution in [0.4, 0.5) is 11.4 Å². The van der Waals surface area contributed by atoms with E-state index < -0.39 is 4.92 Å². The number of rotatable bonds is 4. The molecule has 0 aromatic heterocycles. The van der Waals surface area contributed by atoms with E-state index in [4.69, 9.17) is 5.26 Å². The number of hydrogen-bond acceptors (Lipinski definition) is 5. The van der Waals surface area contributed by atoms with Crippen molar-refractivity contribution in [3.63, 3.8) is 0 Å². The first-order chi connectivity index (χ1) is 9.63. The number of nitrogens with one attached hydrogen (secondary N) is 1. The number of para-hydroxylation sites is 1. The summed E-state index contributed by atoms with van der Waals surface area (Å²) in [6.45, 7) is 2.74. The molecule has 0 bridgehead atoms. The Labute approximate surface area is 118 Å². The summed E-state index contributed by atoms with van der Waals surface area (Å²) < 4.78 is 0. The highest BCUT2D eigenvalue weighted by Gasteiger charge is 2.24. The maximum atomic E-state index is 11.2. The van der Waals surface area contributed by atoms with E-state index in [1.807, 2.05) is 18.0 Å². The Morgan fingerprint density at radius 2 is 2.40 bits per heavy atom. The van der Waals surface area contributed by atoms with Crippen LogP contribution < -0.4 is 10.2 Å². The zero-order valence-corrected chi connectivity index (χ0v) is 11.5. The molecule has 1 aromatic rings. The lowest BCUT2D eigenvalue weighted by Crippen LogP contribution is -2.37. The lowest BCUT2D eigenvalue weighted by Gasteiger charge is -2.28.